The van der Waals surface area contributed by atoms with Crippen LogP contribution in [0.25, 0.3) is 0 Å². The normalized spacial score (nSPS) is 17.1. The summed E-state index contributed by atoms with van der Waals surface area (Å²) in [7, 11) is 0. The molecular weight excluding hydrogens is 208 g/mol. The van der Waals surface area contributed by atoms with Crippen molar-refractivity contribution in [3.8, 4) is 0 Å². The Balaban J connectivity index is 2.02. The first-order chi connectivity index (χ1) is 7.49. The molecule has 88 valence electrons. The highest BCUT2D eigenvalue weighted by Gasteiger charge is 2.31. The molecule has 0 fully saturated rings. The van der Waals surface area contributed by atoms with Crippen LogP contribution in [0.4, 0.5) is 0 Å². The Kier molecular flexibility index (Phi) is 2.67. The predicted molar refractivity (Wildman–Crippen MR) is 56.7 cm³/mol. The third-order valence-electron chi connectivity index (χ3n) is 2.92. The zero-order valence-electron chi connectivity index (χ0n) is 9.55. The van der Waals surface area contributed by atoms with Crippen molar-refractivity contribution in [1.29, 1.82) is 0 Å². The monoisotopic (exact) mass is 224 g/mol. The standard InChI is InChI=1S/C10H16N4O2/c1-10(2,9(15)16)6-13-3-4-14-7-11-12-8(14)5-13/h7H,3-6H2,1-2H3,(H,15,16). The molecule has 0 aromatic carbocycles. The van der Waals surface area contributed by atoms with Gasteiger partial charge in [0.1, 0.15) is 12.2 Å². The third kappa shape index (κ3) is 2.06. The maximum absolute atomic E-state index is 11.0. The molecule has 1 aliphatic rings. The maximum atomic E-state index is 11.0. The molecule has 0 atom stereocenters. The highest BCUT2D eigenvalue weighted by Crippen LogP contribution is 2.20. The summed E-state index contributed by atoms with van der Waals surface area (Å²) in [5.41, 5.74) is -0.720. The summed E-state index contributed by atoms with van der Waals surface area (Å²) >= 11 is 0. The minimum atomic E-state index is -0.764. The molecule has 0 radical (unpaired) electrons. The molecule has 0 saturated heterocycles. The van der Waals surface area contributed by atoms with Crippen LogP contribution in [0.15, 0.2) is 6.33 Å². The fraction of sp³-hybridized carbons (Fsp3) is 0.700. The molecule has 1 aromatic rings. The molecule has 0 spiro atoms. The number of rotatable bonds is 3. The van der Waals surface area contributed by atoms with E-state index in [2.05, 4.69) is 15.1 Å². The van der Waals surface area contributed by atoms with Crippen LogP contribution in [0.3, 0.4) is 0 Å². The molecule has 6 nitrogen and oxygen atoms in total. The highest BCUT2D eigenvalue weighted by molar-refractivity contribution is 5.73. The summed E-state index contributed by atoms with van der Waals surface area (Å²) in [4.78, 5) is 13.1. The molecule has 0 bridgehead atoms. The predicted octanol–water partition coefficient (Wildman–Crippen LogP) is 0.204. The van der Waals surface area contributed by atoms with E-state index in [1.807, 2.05) is 4.57 Å². The van der Waals surface area contributed by atoms with E-state index >= 15 is 0 Å². The van der Waals surface area contributed by atoms with E-state index in [-0.39, 0.29) is 0 Å². The maximum Gasteiger partial charge on any atom is 0.310 e. The van der Waals surface area contributed by atoms with Crippen molar-refractivity contribution < 1.29 is 9.90 Å². The Morgan fingerprint density at radius 1 is 1.56 bits per heavy atom. The molecule has 16 heavy (non-hydrogen) atoms. The first-order valence-electron chi connectivity index (χ1n) is 5.31. The molecule has 1 N–H and O–H groups in total. The van der Waals surface area contributed by atoms with Crippen LogP contribution in [0, 0.1) is 5.41 Å². The van der Waals surface area contributed by atoms with Crippen molar-refractivity contribution in [3.63, 3.8) is 0 Å². The average Bonchev–Trinajstić information content (AvgIpc) is 2.63. The van der Waals surface area contributed by atoms with Crippen LogP contribution in [0.1, 0.15) is 19.7 Å². The lowest BCUT2D eigenvalue weighted by Crippen LogP contribution is -2.42. The first kappa shape index (κ1) is 11.1. The number of aromatic nitrogens is 3. The van der Waals surface area contributed by atoms with Crippen molar-refractivity contribution in [3.05, 3.63) is 12.2 Å². The zero-order valence-corrected chi connectivity index (χ0v) is 9.55. The number of hydrogen-bond acceptors (Lipinski definition) is 4. The fourth-order valence-electron chi connectivity index (χ4n) is 1.88. The van der Waals surface area contributed by atoms with E-state index in [0.717, 1.165) is 18.9 Å². The topological polar surface area (TPSA) is 71.2 Å². The number of aliphatic carboxylic acids is 1. The smallest absolute Gasteiger partial charge is 0.310 e. The van der Waals surface area contributed by atoms with Crippen molar-refractivity contribution in [2.45, 2.75) is 26.9 Å². The van der Waals surface area contributed by atoms with Gasteiger partial charge in [-0.05, 0) is 13.8 Å². The first-order valence-corrected chi connectivity index (χ1v) is 5.31. The SMILES string of the molecule is CC(C)(CN1CCn2cnnc2C1)C(=O)O. The van der Waals surface area contributed by atoms with E-state index in [0.29, 0.717) is 13.1 Å². The number of carboxylic acid groups (broad SMARTS) is 1. The molecule has 1 aromatic heterocycles. The Hall–Kier alpha value is -1.43. The van der Waals surface area contributed by atoms with Gasteiger partial charge in [0.2, 0.25) is 0 Å². The van der Waals surface area contributed by atoms with E-state index in [1.54, 1.807) is 20.2 Å². The lowest BCUT2D eigenvalue weighted by molar-refractivity contribution is -0.148. The van der Waals surface area contributed by atoms with Crippen molar-refractivity contribution in [1.82, 2.24) is 19.7 Å². The van der Waals surface area contributed by atoms with E-state index in [1.165, 1.54) is 0 Å². The van der Waals surface area contributed by atoms with Gasteiger partial charge in [-0.15, -0.1) is 10.2 Å². The minimum Gasteiger partial charge on any atom is -0.481 e. The van der Waals surface area contributed by atoms with Gasteiger partial charge < -0.3 is 9.67 Å². The summed E-state index contributed by atoms with van der Waals surface area (Å²) in [6.45, 7) is 6.38. The van der Waals surface area contributed by atoms with Crippen LogP contribution in [0.2, 0.25) is 0 Å². The van der Waals surface area contributed by atoms with Gasteiger partial charge in [-0.1, -0.05) is 0 Å². The second-order valence-corrected chi connectivity index (χ2v) is 4.84. The number of hydrogen-bond donors (Lipinski definition) is 1. The van der Waals surface area contributed by atoms with Crippen LogP contribution >= 0.6 is 0 Å². The van der Waals surface area contributed by atoms with Gasteiger partial charge in [0, 0.05) is 19.6 Å². The summed E-state index contributed by atoms with van der Waals surface area (Å²) in [5, 5.41) is 16.9. The van der Waals surface area contributed by atoms with Gasteiger partial charge in [-0.3, -0.25) is 9.69 Å². The molecule has 2 heterocycles. The van der Waals surface area contributed by atoms with Gasteiger partial charge in [0.15, 0.2) is 0 Å². The second kappa shape index (κ2) is 3.86. The van der Waals surface area contributed by atoms with Gasteiger partial charge in [0.05, 0.1) is 12.0 Å². The summed E-state index contributed by atoms with van der Waals surface area (Å²) in [5.74, 6) is 0.145. The van der Waals surface area contributed by atoms with Crippen molar-refractivity contribution in [2.24, 2.45) is 5.41 Å². The average molecular weight is 224 g/mol. The largest absolute Gasteiger partial charge is 0.481 e. The molecular formula is C10H16N4O2. The van der Waals surface area contributed by atoms with Crippen LogP contribution in [-0.2, 0) is 17.9 Å². The van der Waals surface area contributed by atoms with Crippen LogP contribution in [-0.4, -0.2) is 43.8 Å². The third-order valence-corrected chi connectivity index (χ3v) is 2.92. The summed E-state index contributed by atoms with van der Waals surface area (Å²) in [6, 6.07) is 0. The molecule has 1 aliphatic heterocycles. The number of carboxylic acids is 1. The molecule has 6 heteroatoms. The van der Waals surface area contributed by atoms with Gasteiger partial charge >= 0.3 is 5.97 Å². The van der Waals surface area contributed by atoms with Crippen LogP contribution in [0.5, 0.6) is 0 Å². The van der Waals surface area contributed by atoms with Crippen LogP contribution < -0.4 is 0 Å². The van der Waals surface area contributed by atoms with Gasteiger partial charge in [0.25, 0.3) is 0 Å². The summed E-state index contributed by atoms with van der Waals surface area (Å²) < 4.78 is 2.00. The zero-order chi connectivity index (χ0) is 11.8. The molecule has 2 rings (SSSR count). The van der Waals surface area contributed by atoms with Gasteiger partial charge in [-0.2, -0.15) is 0 Å². The van der Waals surface area contributed by atoms with E-state index < -0.39 is 11.4 Å². The number of nitrogens with zero attached hydrogens (tertiary/aromatic N) is 4. The Morgan fingerprint density at radius 2 is 2.31 bits per heavy atom. The lowest BCUT2D eigenvalue weighted by Gasteiger charge is -2.32. The minimum absolute atomic E-state index is 0.537. The highest BCUT2D eigenvalue weighted by atomic mass is 16.4. The Morgan fingerprint density at radius 3 is 3.00 bits per heavy atom. The van der Waals surface area contributed by atoms with Crippen molar-refractivity contribution in [2.75, 3.05) is 13.1 Å². The fourth-order valence-corrected chi connectivity index (χ4v) is 1.88. The lowest BCUT2D eigenvalue weighted by atomic mass is 9.93. The quantitative estimate of drug-likeness (QED) is 0.794. The number of fused-ring (bicyclic) bond motifs is 1. The van der Waals surface area contributed by atoms with Crippen molar-refractivity contribution >= 4 is 5.97 Å². The molecule has 0 unspecified atom stereocenters. The van der Waals surface area contributed by atoms with Gasteiger partial charge in [-0.25, -0.2) is 0 Å². The molecule has 0 amide bonds. The van der Waals surface area contributed by atoms with E-state index in [9.17, 15) is 4.79 Å². The molecule has 0 aliphatic carbocycles. The second-order valence-electron chi connectivity index (χ2n) is 4.84. The number of carbonyl (C=O) groups is 1. The Bertz CT molecular complexity index is 399. The van der Waals surface area contributed by atoms with E-state index in [4.69, 9.17) is 5.11 Å². The Labute approximate surface area is 93.9 Å². The molecule has 0 saturated carbocycles. The summed E-state index contributed by atoms with van der Waals surface area (Å²) in [6.07, 6.45) is 1.72.